The zero-order chi connectivity index (χ0) is 35.8. The summed E-state index contributed by atoms with van der Waals surface area (Å²) in [5.74, 6) is 1.73. The Labute approximate surface area is 305 Å². The van der Waals surface area contributed by atoms with E-state index in [0.29, 0.717) is 97.5 Å². The second-order valence-electron chi connectivity index (χ2n) is 15.1. The van der Waals surface area contributed by atoms with E-state index in [2.05, 4.69) is 26.1 Å². The number of rotatable bonds is 25. The Balaban J connectivity index is 0.982. The number of hydrogen-bond donors (Lipinski definition) is 2. The van der Waals surface area contributed by atoms with Crippen LogP contribution >= 0.6 is 11.6 Å². The number of alkyl halides is 1. The molecule has 4 aliphatic rings. The van der Waals surface area contributed by atoms with Crippen LogP contribution in [0.5, 0.6) is 0 Å². The van der Waals surface area contributed by atoms with Gasteiger partial charge in [-0.3, -0.25) is 9.59 Å². The molecule has 8 atom stereocenters. The van der Waals surface area contributed by atoms with Crippen molar-refractivity contribution < 1.29 is 43.1 Å². The molecule has 4 aliphatic carbocycles. The van der Waals surface area contributed by atoms with Gasteiger partial charge < -0.3 is 38.8 Å². The van der Waals surface area contributed by atoms with E-state index < -0.39 is 6.10 Å². The van der Waals surface area contributed by atoms with Gasteiger partial charge in [-0.2, -0.15) is 0 Å². The Kier molecular flexibility index (Phi) is 17.7. The molecule has 1 amide bonds. The van der Waals surface area contributed by atoms with Gasteiger partial charge in [0.05, 0.1) is 78.8 Å². The fourth-order valence-electron chi connectivity index (χ4n) is 9.46. The summed E-state index contributed by atoms with van der Waals surface area (Å²) >= 11 is 5.67. The number of aliphatic hydroxyl groups excluding tert-OH is 1. The van der Waals surface area contributed by atoms with E-state index in [1.54, 1.807) is 12.2 Å². The van der Waals surface area contributed by atoms with E-state index in [1.807, 2.05) is 6.08 Å². The van der Waals surface area contributed by atoms with E-state index in [9.17, 15) is 14.7 Å². The predicted octanol–water partition coefficient (Wildman–Crippen LogP) is 5.14. The first kappa shape index (κ1) is 41.4. The maximum atomic E-state index is 13.6. The van der Waals surface area contributed by atoms with Crippen LogP contribution in [0.15, 0.2) is 23.8 Å². The molecule has 0 aromatic carbocycles. The number of allylic oxidation sites excluding steroid dienone is 4. The van der Waals surface area contributed by atoms with Gasteiger partial charge in [-0.25, -0.2) is 0 Å². The molecule has 0 aliphatic heterocycles. The van der Waals surface area contributed by atoms with Crippen molar-refractivity contribution in [2.75, 3.05) is 91.7 Å². The number of nitrogens with one attached hydrogen (secondary N) is 1. The minimum Gasteiger partial charge on any atom is -0.393 e. The third-order valence-electron chi connectivity index (χ3n) is 11.7. The SMILES string of the molecule is CC1CC2C3CCC4=CC(=O)C=CC4(C)C3C(O)CC2(C)C1C(=O)NCCOCCOCCOCCOCCOCCOCCCCCCCl. The third-order valence-corrected chi connectivity index (χ3v) is 12.0. The summed E-state index contributed by atoms with van der Waals surface area (Å²) in [5.41, 5.74) is 0.609. The van der Waals surface area contributed by atoms with E-state index in [4.69, 9.17) is 40.0 Å². The molecular weight excluding hydrogens is 662 g/mol. The lowest BCUT2D eigenvalue weighted by Gasteiger charge is -2.58. The number of carbonyl (C=O) groups is 2. The van der Waals surface area contributed by atoms with E-state index >= 15 is 0 Å². The molecule has 2 N–H and O–H groups in total. The molecule has 3 fully saturated rings. The minimum atomic E-state index is -0.511. The molecule has 4 rings (SSSR count). The highest BCUT2D eigenvalue weighted by Crippen LogP contribution is 2.67. The summed E-state index contributed by atoms with van der Waals surface area (Å²) in [6, 6.07) is 0. The van der Waals surface area contributed by atoms with Gasteiger partial charge in [0.25, 0.3) is 0 Å². The van der Waals surface area contributed by atoms with Crippen LogP contribution < -0.4 is 5.32 Å². The lowest BCUT2D eigenvalue weighted by atomic mass is 9.47. The quantitative estimate of drug-likeness (QED) is 0.0974. The highest BCUT2D eigenvalue weighted by molar-refractivity contribution is 6.17. The van der Waals surface area contributed by atoms with Crippen LogP contribution in [0.25, 0.3) is 0 Å². The van der Waals surface area contributed by atoms with Crippen molar-refractivity contribution in [3.8, 4) is 0 Å². The molecule has 0 radical (unpaired) electrons. The second-order valence-corrected chi connectivity index (χ2v) is 15.4. The molecular formula is C39H64ClNO9. The second kappa shape index (κ2) is 21.4. The first-order valence-electron chi connectivity index (χ1n) is 19.1. The number of hydrogen-bond acceptors (Lipinski definition) is 9. The number of ether oxygens (including phenoxy) is 6. The molecule has 0 spiro atoms. The number of unbranched alkanes of at least 4 members (excludes halogenated alkanes) is 3. The van der Waals surface area contributed by atoms with Gasteiger partial charge in [0, 0.05) is 36.3 Å². The lowest BCUT2D eigenvalue weighted by Crippen LogP contribution is -2.57. The van der Waals surface area contributed by atoms with Crippen molar-refractivity contribution in [1.82, 2.24) is 5.32 Å². The summed E-state index contributed by atoms with van der Waals surface area (Å²) < 4.78 is 33.4. The summed E-state index contributed by atoms with van der Waals surface area (Å²) in [4.78, 5) is 25.7. The van der Waals surface area contributed by atoms with Crippen molar-refractivity contribution in [2.24, 2.45) is 40.4 Å². The van der Waals surface area contributed by atoms with Crippen molar-refractivity contribution in [1.29, 1.82) is 0 Å². The van der Waals surface area contributed by atoms with Crippen LogP contribution in [0.3, 0.4) is 0 Å². The molecule has 0 heterocycles. The maximum absolute atomic E-state index is 13.6. The molecule has 11 heteroatoms. The van der Waals surface area contributed by atoms with Crippen LogP contribution in [-0.2, 0) is 38.0 Å². The summed E-state index contributed by atoms with van der Waals surface area (Å²) in [7, 11) is 0. The Morgan fingerprint density at radius 2 is 1.42 bits per heavy atom. The van der Waals surface area contributed by atoms with Gasteiger partial charge in [0.2, 0.25) is 5.91 Å². The Morgan fingerprint density at radius 3 is 2.02 bits per heavy atom. The average Bonchev–Trinajstić information content (AvgIpc) is 3.35. The monoisotopic (exact) mass is 725 g/mol. The zero-order valence-corrected chi connectivity index (χ0v) is 31.6. The molecule has 10 nitrogen and oxygen atoms in total. The van der Waals surface area contributed by atoms with Gasteiger partial charge in [0.1, 0.15) is 0 Å². The van der Waals surface area contributed by atoms with Crippen LogP contribution in [0, 0.1) is 40.4 Å². The van der Waals surface area contributed by atoms with Gasteiger partial charge in [-0.15, -0.1) is 11.6 Å². The number of aliphatic hydroxyl groups is 1. The lowest BCUT2D eigenvalue weighted by molar-refractivity contribution is -0.142. The first-order chi connectivity index (χ1) is 24.2. The standard InChI is InChI=1S/C39H64ClNO9/c1-29-26-33-32-9-8-30-27-31(42)10-11-38(30,2)36(32)34(43)28-39(33,3)35(29)37(44)41-13-15-46-17-19-48-21-23-50-25-24-49-22-20-47-18-16-45-14-7-5-4-6-12-40/h10-11,27,29,32-36,43H,4-9,12-26,28H2,1-3H3,(H,41,44). The number of amides is 1. The summed E-state index contributed by atoms with van der Waals surface area (Å²) in [6.07, 6.45) is 12.9. The Hall–Kier alpha value is -1.37. The largest absolute Gasteiger partial charge is 0.393 e. The first-order valence-corrected chi connectivity index (χ1v) is 19.7. The molecule has 8 unspecified atom stereocenters. The van der Waals surface area contributed by atoms with E-state index in [1.165, 1.54) is 0 Å². The fourth-order valence-corrected chi connectivity index (χ4v) is 9.65. The zero-order valence-electron chi connectivity index (χ0n) is 30.8. The van der Waals surface area contributed by atoms with Crippen LogP contribution in [-0.4, -0.2) is 115 Å². The van der Waals surface area contributed by atoms with Crippen LogP contribution in [0.4, 0.5) is 0 Å². The highest BCUT2D eigenvalue weighted by atomic mass is 35.5. The molecule has 286 valence electrons. The molecule has 3 saturated carbocycles. The molecule has 0 aromatic heterocycles. The van der Waals surface area contributed by atoms with Gasteiger partial charge >= 0.3 is 0 Å². The van der Waals surface area contributed by atoms with Crippen molar-refractivity contribution >= 4 is 23.3 Å². The van der Waals surface area contributed by atoms with Crippen LogP contribution in [0.1, 0.15) is 72.1 Å². The van der Waals surface area contributed by atoms with Gasteiger partial charge in [0.15, 0.2) is 5.78 Å². The number of carbonyl (C=O) groups excluding carboxylic acids is 2. The topological polar surface area (TPSA) is 122 Å². The molecule has 0 saturated heterocycles. The summed E-state index contributed by atoms with van der Waals surface area (Å²) in [5, 5.41) is 14.7. The Bertz CT molecular complexity index is 1100. The van der Waals surface area contributed by atoms with Crippen LogP contribution in [0.2, 0.25) is 0 Å². The number of ketones is 1. The highest BCUT2D eigenvalue weighted by Gasteiger charge is 2.64. The third kappa shape index (κ3) is 11.3. The van der Waals surface area contributed by atoms with Crippen molar-refractivity contribution in [3.05, 3.63) is 23.8 Å². The maximum Gasteiger partial charge on any atom is 0.224 e. The average molecular weight is 726 g/mol. The number of halogens is 1. The predicted molar refractivity (Wildman–Crippen MR) is 193 cm³/mol. The van der Waals surface area contributed by atoms with Gasteiger partial charge in [-0.05, 0) is 73.8 Å². The smallest absolute Gasteiger partial charge is 0.224 e. The fraction of sp³-hybridized carbons (Fsp3) is 0.846. The molecule has 50 heavy (non-hydrogen) atoms. The summed E-state index contributed by atoms with van der Waals surface area (Å²) in [6.45, 7) is 13.4. The van der Waals surface area contributed by atoms with E-state index in [-0.39, 0.29) is 40.3 Å². The minimum absolute atomic E-state index is 0.0486. The molecule has 0 bridgehead atoms. The molecule has 0 aromatic rings. The Morgan fingerprint density at radius 1 is 0.860 bits per heavy atom. The van der Waals surface area contributed by atoms with Gasteiger partial charge in [-0.1, -0.05) is 45.3 Å². The van der Waals surface area contributed by atoms with Crippen molar-refractivity contribution in [3.63, 3.8) is 0 Å². The number of fused-ring (bicyclic) bond motifs is 5. The van der Waals surface area contributed by atoms with Crippen molar-refractivity contribution in [2.45, 2.75) is 78.2 Å². The normalized spacial score (nSPS) is 31.6. The van der Waals surface area contributed by atoms with E-state index in [0.717, 1.165) is 63.0 Å².